The van der Waals surface area contributed by atoms with Crippen molar-refractivity contribution in [1.29, 1.82) is 0 Å². The third-order valence-corrected chi connectivity index (χ3v) is 10.7. The van der Waals surface area contributed by atoms with Crippen LogP contribution in [0.15, 0.2) is 109 Å². The summed E-state index contributed by atoms with van der Waals surface area (Å²) in [6.45, 7) is 2.70. The van der Waals surface area contributed by atoms with Crippen molar-refractivity contribution in [3.63, 3.8) is 0 Å². The zero-order valence-corrected chi connectivity index (χ0v) is 35.1. The summed E-state index contributed by atoms with van der Waals surface area (Å²) in [5.74, 6) is 0.936. The molecule has 71 heavy (non-hydrogen) atoms. The molecular formula is C44H26BF24NO. The summed E-state index contributed by atoms with van der Waals surface area (Å²) < 4.78 is 348. The molecule has 0 fully saturated rings. The number of hydrogen-bond donors (Lipinski definition) is 0. The monoisotopic (exact) mass is 1050 g/mol. The minimum Gasteiger partial charge on any atom is -0.444 e. The van der Waals surface area contributed by atoms with Crippen molar-refractivity contribution in [3.05, 3.63) is 154 Å². The first-order valence-electron chi connectivity index (χ1n) is 19.4. The van der Waals surface area contributed by atoms with Crippen molar-refractivity contribution in [2.75, 3.05) is 6.61 Å². The van der Waals surface area contributed by atoms with E-state index in [4.69, 9.17) is 4.74 Å². The Morgan fingerprint density at radius 1 is 0.366 bits per heavy atom. The molecule has 0 unspecified atom stereocenters. The van der Waals surface area contributed by atoms with Gasteiger partial charge in [0, 0.05) is 6.07 Å². The van der Waals surface area contributed by atoms with Crippen LogP contribution in [0.1, 0.15) is 51.4 Å². The Morgan fingerprint density at radius 3 is 0.831 bits per heavy atom. The topological polar surface area (TPSA) is 13.1 Å². The first-order chi connectivity index (χ1) is 32.1. The molecule has 27 heteroatoms. The van der Waals surface area contributed by atoms with Crippen LogP contribution in [0.25, 0.3) is 10.8 Å². The maximum Gasteiger partial charge on any atom is 0.416 e. The Hall–Kier alpha value is -6.31. The third kappa shape index (κ3) is 12.2. The number of alkyl halides is 24. The number of hydrogen-bond acceptors (Lipinski definition) is 1. The molecule has 384 valence electrons. The van der Waals surface area contributed by atoms with Gasteiger partial charge < -0.3 is 4.74 Å². The summed E-state index contributed by atoms with van der Waals surface area (Å²) in [5.41, 5.74) is -30.2. The van der Waals surface area contributed by atoms with E-state index in [2.05, 4.69) is 18.2 Å². The molecule has 0 saturated carbocycles. The highest BCUT2D eigenvalue weighted by molar-refractivity contribution is 7.20. The molecule has 5 aromatic carbocycles. The van der Waals surface area contributed by atoms with E-state index in [1.807, 2.05) is 36.9 Å². The highest BCUT2D eigenvalue weighted by atomic mass is 19.4. The van der Waals surface area contributed by atoms with Crippen LogP contribution < -0.4 is 31.2 Å². The normalized spacial score (nSPS) is 13.5. The molecule has 0 aliphatic rings. The van der Waals surface area contributed by atoms with E-state index < -0.39 is 195 Å². The molecule has 0 saturated heterocycles. The summed E-state index contributed by atoms with van der Waals surface area (Å²) in [5, 5.41) is 2.38. The van der Waals surface area contributed by atoms with Gasteiger partial charge in [0.25, 0.3) is 0 Å². The van der Waals surface area contributed by atoms with E-state index in [0.717, 1.165) is 5.88 Å². The fourth-order valence-corrected chi connectivity index (χ4v) is 7.67. The lowest BCUT2D eigenvalue weighted by molar-refractivity contribution is -0.675. The standard InChI is InChI=1S/C32H12BF24.C12H14NO/c34-25(35,36)13-1-14(26(37,38)39)6-21(5-13)33(22-7-15(27(40,41)42)2-16(8-22)28(43,44)45,23-9-17(29(46,47)48)3-18(10-23)30(49,50)51)24-11-19(31(52,53)54)4-20(12-24)32(55,56)57;1-3-14-12-11-7-5-4-6-10(11)8-9-13(12)2/h1-12H;4-9H,3H2,1-2H3/q-1;+1. The van der Waals surface area contributed by atoms with Crippen LogP contribution in [0.2, 0.25) is 0 Å². The van der Waals surface area contributed by atoms with Gasteiger partial charge >= 0.3 is 55.3 Å². The van der Waals surface area contributed by atoms with Gasteiger partial charge in [0.05, 0.1) is 56.5 Å². The zero-order chi connectivity index (χ0) is 53.9. The maximum absolute atomic E-state index is 14.2. The van der Waals surface area contributed by atoms with Crippen molar-refractivity contribution in [2.24, 2.45) is 7.05 Å². The number of pyridine rings is 1. The number of halogens is 24. The molecule has 1 aromatic heterocycles. The van der Waals surface area contributed by atoms with E-state index in [9.17, 15) is 105 Å². The first-order valence-corrected chi connectivity index (χ1v) is 19.4. The number of aryl methyl sites for hydroxylation is 1. The summed E-state index contributed by atoms with van der Waals surface area (Å²) in [7, 11) is 2.00. The van der Waals surface area contributed by atoms with Crippen molar-refractivity contribution < 1.29 is 115 Å². The lowest BCUT2D eigenvalue weighted by Gasteiger charge is -2.46. The Morgan fingerprint density at radius 2 is 0.606 bits per heavy atom. The largest absolute Gasteiger partial charge is 0.444 e. The molecule has 2 nitrogen and oxygen atoms in total. The van der Waals surface area contributed by atoms with Crippen molar-refractivity contribution >= 4 is 38.8 Å². The van der Waals surface area contributed by atoms with Gasteiger partial charge in [0.1, 0.15) is 13.2 Å². The molecule has 0 aliphatic carbocycles. The molecule has 6 rings (SSSR count). The average Bonchev–Trinajstić information content (AvgIpc) is 3.22. The minimum atomic E-state index is -6.13. The van der Waals surface area contributed by atoms with Gasteiger partial charge in [-0.25, -0.2) is 0 Å². The van der Waals surface area contributed by atoms with Gasteiger partial charge in [-0.05, 0) is 42.6 Å². The van der Waals surface area contributed by atoms with Crippen molar-refractivity contribution in [3.8, 4) is 5.88 Å². The van der Waals surface area contributed by atoms with Crippen molar-refractivity contribution in [1.82, 2.24) is 0 Å². The lowest BCUT2D eigenvalue weighted by atomic mass is 9.12. The van der Waals surface area contributed by atoms with Crippen LogP contribution in [-0.4, -0.2) is 12.8 Å². The fourth-order valence-electron chi connectivity index (χ4n) is 7.67. The van der Waals surface area contributed by atoms with Crippen LogP contribution >= 0.6 is 0 Å². The van der Waals surface area contributed by atoms with Gasteiger partial charge in [-0.2, -0.15) is 132 Å². The van der Waals surface area contributed by atoms with Gasteiger partial charge in [-0.3, -0.25) is 0 Å². The highest BCUT2D eigenvalue weighted by Crippen LogP contribution is 2.41. The van der Waals surface area contributed by atoms with Crippen LogP contribution in [0.3, 0.4) is 0 Å². The quantitative estimate of drug-likeness (QED) is 0.0920. The number of ether oxygens (including phenoxy) is 1. The first kappa shape index (κ1) is 55.6. The number of aromatic nitrogens is 1. The second kappa shape index (κ2) is 18.7. The third-order valence-electron chi connectivity index (χ3n) is 10.7. The van der Waals surface area contributed by atoms with E-state index in [1.165, 1.54) is 10.8 Å². The lowest BCUT2D eigenvalue weighted by Crippen LogP contribution is -2.75. The van der Waals surface area contributed by atoms with Crippen LogP contribution in [0.4, 0.5) is 105 Å². The number of benzene rings is 5. The maximum atomic E-state index is 14.2. The zero-order valence-electron chi connectivity index (χ0n) is 35.1. The van der Waals surface area contributed by atoms with Crippen LogP contribution in [0, 0.1) is 0 Å². The molecule has 0 spiro atoms. The number of rotatable bonds is 6. The fraction of sp³-hybridized carbons (Fsp3) is 0.250. The van der Waals surface area contributed by atoms with Crippen molar-refractivity contribution in [2.45, 2.75) is 56.3 Å². The molecule has 0 atom stereocenters. The average molecular weight is 1050 g/mol. The second-order valence-corrected chi connectivity index (χ2v) is 15.5. The Labute approximate surface area is 383 Å². The van der Waals surface area contributed by atoms with E-state index >= 15 is 0 Å². The molecular weight excluding hydrogens is 1030 g/mol. The summed E-state index contributed by atoms with van der Waals surface area (Å²) >= 11 is 0. The second-order valence-electron chi connectivity index (χ2n) is 15.5. The van der Waals surface area contributed by atoms with Gasteiger partial charge in [0.15, 0.2) is 6.20 Å². The Bertz CT molecular complexity index is 2460. The SMILES string of the molecule is CCOc1c2ccccc2cc[n+]1C.FC(F)(F)c1cc([B-](c2cc(C(F)(F)F)cc(C(F)(F)F)c2)(c2cc(C(F)(F)F)cc(C(F)(F)F)c2)c2cc(C(F)(F)F)cc(C(F)(F)F)c2)cc(C(F)(F)F)c1. The van der Waals surface area contributed by atoms with Crippen LogP contribution in [-0.2, 0) is 56.5 Å². The summed E-state index contributed by atoms with van der Waals surface area (Å²) in [4.78, 5) is 0. The molecule has 0 bridgehead atoms. The predicted octanol–water partition coefficient (Wildman–Crippen LogP) is 13.3. The van der Waals surface area contributed by atoms with Gasteiger partial charge in [-0.15, -0.1) is 0 Å². The number of fused-ring (bicyclic) bond motifs is 1. The number of nitrogens with zero attached hydrogens (tertiary/aromatic N) is 1. The summed E-state index contributed by atoms with van der Waals surface area (Å²) in [6.07, 6.45) is -52.8. The molecule has 1 heterocycles. The molecule has 0 radical (unpaired) electrons. The highest BCUT2D eigenvalue weighted by Gasteiger charge is 2.47. The van der Waals surface area contributed by atoms with E-state index in [0.29, 0.717) is 6.61 Å². The Kier molecular flexibility index (Phi) is 14.7. The molecule has 0 aliphatic heterocycles. The molecule has 0 N–H and O–H groups in total. The van der Waals surface area contributed by atoms with E-state index in [-0.39, 0.29) is 0 Å². The molecule has 6 aromatic rings. The van der Waals surface area contributed by atoms with Gasteiger partial charge in [0.2, 0.25) is 0 Å². The Balaban J connectivity index is 0.000000569. The smallest absolute Gasteiger partial charge is 0.416 e. The minimum absolute atomic E-state index is 0.691. The van der Waals surface area contributed by atoms with Gasteiger partial charge in [-0.1, -0.05) is 66.7 Å². The summed E-state index contributed by atoms with van der Waals surface area (Å²) in [6, 6.07) is 1.54. The molecule has 0 amide bonds. The van der Waals surface area contributed by atoms with Crippen LogP contribution in [0.5, 0.6) is 5.88 Å². The predicted molar refractivity (Wildman–Crippen MR) is 206 cm³/mol. The van der Waals surface area contributed by atoms with E-state index in [1.54, 1.807) is 0 Å².